The Morgan fingerprint density at radius 1 is 1.47 bits per heavy atom. The fraction of sp³-hybridized carbons (Fsp3) is 0.733. The van der Waals surface area contributed by atoms with Crippen LogP contribution in [0, 0.1) is 8.30 Å². The third kappa shape index (κ3) is 3.52. The van der Waals surface area contributed by atoms with E-state index < -0.39 is 0 Å². The molecule has 2 nitrogen and oxygen atoms in total. The lowest BCUT2D eigenvalue weighted by Crippen LogP contribution is -2.38. The average molecular weight is 393 g/mol. The van der Waals surface area contributed by atoms with Crippen molar-refractivity contribution in [1.29, 1.82) is 0 Å². The van der Waals surface area contributed by atoms with E-state index in [-0.39, 0.29) is 12.0 Å². The zero-order valence-corrected chi connectivity index (χ0v) is 14.8. The van der Waals surface area contributed by atoms with Crippen LogP contribution in [0.15, 0.2) is 6.07 Å². The van der Waals surface area contributed by atoms with Crippen LogP contribution in [0.25, 0.3) is 0 Å². The highest BCUT2D eigenvalue weighted by atomic mass is 127. The van der Waals surface area contributed by atoms with Crippen LogP contribution in [0.4, 0.5) is 0 Å². The second kappa shape index (κ2) is 6.87. The van der Waals surface area contributed by atoms with E-state index in [0.717, 1.165) is 19.4 Å². The topological polar surface area (TPSA) is 32.3 Å². The smallest absolute Gasteiger partial charge is 0.0659 e. The van der Waals surface area contributed by atoms with Gasteiger partial charge in [0.2, 0.25) is 0 Å². The molecule has 1 aliphatic rings. The van der Waals surface area contributed by atoms with Crippen molar-refractivity contribution in [2.45, 2.75) is 52.0 Å². The predicted octanol–water partition coefficient (Wildman–Crippen LogP) is 4.12. The van der Waals surface area contributed by atoms with Crippen LogP contribution < -0.4 is 5.32 Å². The summed E-state index contributed by atoms with van der Waals surface area (Å²) in [5.41, 5.74) is 1.57. The monoisotopic (exact) mass is 393 g/mol. The van der Waals surface area contributed by atoms with Gasteiger partial charge in [0.1, 0.15) is 0 Å². The third-order valence-corrected chi connectivity index (χ3v) is 6.61. The van der Waals surface area contributed by atoms with Gasteiger partial charge in [-0.2, -0.15) is 0 Å². The van der Waals surface area contributed by atoms with Gasteiger partial charge < -0.3 is 10.4 Å². The van der Waals surface area contributed by atoms with Crippen molar-refractivity contribution in [2.75, 3.05) is 13.2 Å². The average Bonchev–Trinajstić information content (AvgIpc) is 2.82. The van der Waals surface area contributed by atoms with Crippen LogP contribution in [0.3, 0.4) is 0 Å². The minimum atomic E-state index is 0.0563. The summed E-state index contributed by atoms with van der Waals surface area (Å²) in [5, 5.41) is 13.4. The molecular weight excluding hydrogens is 369 g/mol. The van der Waals surface area contributed by atoms with Gasteiger partial charge in [-0.25, -0.2) is 0 Å². The van der Waals surface area contributed by atoms with Crippen molar-refractivity contribution >= 4 is 33.9 Å². The molecule has 0 fully saturated rings. The number of aliphatic hydroxyl groups is 1. The number of thiophene rings is 1. The highest BCUT2D eigenvalue weighted by Gasteiger charge is 2.28. The van der Waals surface area contributed by atoms with Gasteiger partial charge in [-0.05, 0) is 66.3 Å². The summed E-state index contributed by atoms with van der Waals surface area (Å²) >= 11 is 4.37. The van der Waals surface area contributed by atoms with E-state index in [1.165, 1.54) is 27.7 Å². The van der Waals surface area contributed by atoms with E-state index in [1.54, 1.807) is 4.88 Å². The second-order valence-electron chi connectivity index (χ2n) is 5.62. The summed E-state index contributed by atoms with van der Waals surface area (Å²) in [7, 11) is 0. The maximum atomic E-state index is 9.67. The van der Waals surface area contributed by atoms with Crippen LogP contribution in [0.2, 0.25) is 0 Å². The molecule has 0 saturated carbocycles. The molecule has 4 heteroatoms. The molecule has 0 spiro atoms. The quantitative estimate of drug-likeness (QED) is 0.713. The third-order valence-electron chi connectivity index (χ3n) is 4.64. The van der Waals surface area contributed by atoms with Gasteiger partial charge in [0.25, 0.3) is 0 Å². The van der Waals surface area contributed by atoms with Crippen molar-refractivity contribution in [3.63, 3.8) is 0 Å². The Hall–Kier alpha value is 0.350. The van der Waals surface area contributed by atoms with Gasteiger partial charge >= 0.3 is 0 Å². The lowest BCUT2D eigenvalue weighted by Gasteiger charge is -2.33. The predicted molar refractivity (Wildman–Crippen MR) is 90.8 cm³/mol. The molecule has 1 aliphatic carbocycles. The molecule has 0 aromatic carbocycles. The highest BCUT2D eigenvalue weighted by molar-refractivity contribution is 14.1. The fourth-order valence-corrected chi connectivity index (χ4v) is 4.97. The maximum absolute atomic E-state index is 9.67. The molecule has 1 aromatic heterocycles. The van der Waals surface area contributed by atoms with Gasteiger partial charge in [0.05, 0.1) is 2.88 Å². The summed E-state index contributed by atoms with van der Waals surface area (Å²) in [4.78, 5) is 1.57. The van der Waals surface area contributed by atoms with Crippen molar-refractivity contribution in [3.8, 4) is 0 Å². The molecule has 1 heterocycles. The van der Waals surface area contributed by atoms with Crippen LogP contribution in [0.1, 0.15) is 56.0 Å². The molecule has 0 bridgehead atoms. The molecule has 1 unspecified atom stereocenters. The number of rotatable bonds is 6. The number of halogens is 1. The number of fused-ring (bicyclic) bond motifs is 1. The van der Waals surface area contributed by atoms with Crippen LogP contribution in [0.5, 0.6) is 0 Å². The first kappa shape index (κ1) is 15.7. The first-order valence-corrected chi connectivity index (χ1v) is 9.16. The van der Waals surface area contributed by atoms with Crippen molar-refractivity contribution in [3.05, 3.63) is 19.4 Å². The minimum Gasteiger partial charge on any atom is -0.396 e. The Morgan fingerprint density at radius 3 is 2.84 bits per heavy atom. The van der Waals surface area contributed by atoms with Gasteiger partial charge in [0.15, 0.2) is 0 Å². The molecule has 0 aliphatic heterocycles. The second-order valence-corrected chi connectivity index (χ2v) is 8.65. The summed E-state index contributed by atoms with van der Waals surface area (Å²) in [6.07, 6.45) is 5.83. The van der Waals surface area contributed by atoms with Gasteiger partial charge in [-0.3, -0.25) is 0 Å². The first-order valence-electron chi connectivity index (χ1n) is 7.26. The van der Waals surface area contributed by atoms with E-state index in [2.05, 4.69) is 47.8 Å². The van der Waals surface area contributed by atoms with E-state index >= 15 is 0 Å². The zero-order chi connectivity index (χ0) is 13.9. The van der Waals surface area contributed by atoms with E-state index in [0.29, 0.717) is 6.04 Å². The lowest BCUT2D eigenvalue weighted by atomic mass is 9.82. The Labute approximate surface area is 134 Å². The summed E-state index contributed by atoms with van der Waals surface area (Å²) < 4.78 is 1.40. The highest BCUT2D eigenvalue weighted by Crippen LogP contribution is 2.37. The number of hydrogen-bond donors (Lipinski definition) is 2. The minimum absolute atomic E-state index is 0.0563. The first-order chi connectivity index (χ1) is 9.14. The van der Waals surface area contributed by atoms with Crippen molar-refractivity contribution in [2.24, 2.45) is 5.41 Å². The number of hydrogen-bond acceptors (Lipinski definition) is 3. The van der Waals surface area contributed by atoms with E-state index in [9.17, 15) is 5.11 Å². The Morgan fingerprint density at radius 2 is 2.21 bits per heavy atom. The molecule has 0 saturated heterocycles. The number of aryl methyl sites for hydroxylation is 1. The molecule has 19 heavy (non-hydrogen) atoms. The van der Waals surface area contributed by atoms with Crippen LogP contribution >= 0.6 is 33.9 Å². The molecule has 2 rings (SSSR count). The van der Waals surface area contributed by atoms with Crippen LogP contribution in [-0.4, -0.2) is 18.3 Å². The largest absolute Gasteiger partial charge is 0.396 e. The summed E-state index contributed by atoms with van der Waals surface area (Å²) in [5.74, 6) is 0. The zero-order valence-electron chi connectivity index (χ0n) is 11.8. The maximum Gasteiger partial charge on any atom is 0.0659 e. The molecule has 2 N–H and O–H groups in total. The SMILES string of the molecule is CCC(CC)(CO)CNC1CCCc2sc(I)cc21. The fourth-order valence-electron chi connectivity index (χ4n) is 2.85. The van der Waals surface area contributed by atoms with Gasteiger partial charge in [0, 0.05) is 29.5 Å². The van der Waals surface area contributed by atoms with Crippen molar-refractivity contribution < 1.29 is 5.11 Å². The standard InChI is InChI=1S/C15H24INOS/c1-3-15(4-2,10-18)9-17-12-6-5-7-13-11(12)8-14(16)19-13/h8,12,17-18H,3-7,9-10H2,1-2H3. The summed E-state index contributed by atoms with van der Waals surface area (Å²) in [6.45, 7) is 5.57. The summed E-state index contributed by atoms with van der Waals surface area (Å²) in [6, 6.07) is 2.84. The molecule has 1 aromatic rings. The van der Waals surface area contributed by atoms with Crippen LogP contribution in [-0.2, 0) is 6.42 Å². The van der Waals surface area contributed by atoms with Gasteiger partial charge in [-0.1, -0.05) is 13.8 Å². The Kier molecular flexibility index (Phi) is 5.69. The van der Waals surface area contributed by atoms with E-state index in [1.807, 2.05) is 11.3 Å². The molecule has 0 radical (unpaired) electrons. The Bertz CT molecular complexity index is 406. The normalized spacial score (nSPS) is 19.5. The molecular formula is C15H24INOS. The van der Waals surface area contributed by atoms with Gasteiger partial charge in [-0.15, -0.1) is 11.3 Å². The van der Waals surface area contributed by atoms with E-state index in [4.69, 9.17) is 0 Å². The van der Waals surface area contributed by atoms with Crippen molar-refractivity contribution in [1.82, 2.24) is 5.32 Å². The molecule has 108 valence electrons. The lowest BCUT2D eigenvalue weighted by molar-refractivity contribution is 0.109. The number of aliphatic hydroxyl groups excluding tert-OH is 1. The number of nitrogens with one attached hydrogen (secondary N) is 1. The molecule has 1 atom stereocenters. The molecule has 0 amide bonds. The Balaban J connectivity index is 2.04.